The third-order valence-corrected chi connectivity index (χ3v) is 4.90. The molecular weight excluding hydrogens is 340 g/mol. The fourth-order valence-electron chi connectivity index (χ4n) is 3.19. The van der Waals surface area contributed by atoms with E-state index in [9.17, 15) is 4.79 Å². The molecule has 0 aromatic heterocycles. The molecule has 27 heavy (non-hydrogen) atoms. The van der Waals surface area contributed by atoms with Gasteiger partial charge in [-0.2, -0.15) is 0 Å². The minimum absolute atomic E-state index is 0.0902. The molecule has 0 amide bonds. The third kappa shape index (κ3) is 19.3. The lowest BCUT2D eigenvalue weighted by atomic mass is 10.1. The van der Waals surface area contributed by atoms with Crippen molar-refractivity contribution < 1.29 is 9.90 Å². The zero-order valence-electron chi connectivity index (χ0n) is 17.6. The van der Waals surface area contributed by atoms with E-state index in [1.165, 1.54) is 51.4 Å². The lowest BCUT2D eigenvalue weighted by molar-refractivity contribution is -0.137. The highest BCUT2D eigenvalue weighted by molar-refractivity contribution is 5.73. The molecule has 0 radical (unpaired) electrons. The molecule has 0 aliphatic rings. The molecule has 0 aliphatic carbocycles. The second-order valence-corrected chi connectivity index (χ2v) is 7.54. The molecular formula is C21H44N4O2. The number of nitrogens with one attached hydrogen (secondary N) is 2. The molecule has 0 aliphatic heterocycles. The van der Waals surface area contributed by atoms with Gasteiger partial charge in [0.2, 0.25) is 5.96 Å². The van der Waals surface area contributed by atoms with Crippen LogP contribution in [0.5, 0.6) is 0 Å². The van der Waals surface area contributed by atoms with Crippen molar-refractivity contribution in [1.29, 1.82) is 5.41 Å². The molecule has 5 N–H and O–H groups in total. The highest BCUT2D eigenvalue weighted by atomic mass is 16.4. The first-order valence-electron chi connectivity index (χ1n) is 11.1. The third-order valence-electron chi connectivity index (χ3n) is 4.90. The minimum atomic E-state index is -0.704. The quantitative estimate of drug-likeness (QED) is 0.102. The predicted molar refractivity (Wildman–Crippen MR) is 114 cm³/mol. The molecule has 6 nitrogen and oxygen atoms in total. The van der Waals surface area contributed by atoms with Crippen molar-refractivity contribution in [2.75, 3.05) is 13.1 Å². The minimum Gasteiger partial charge on any atom is -0.481 e. The Balaban J connectivity index is 3.50. The van der Waals surface area contributed by atoms with E-state index in [0.717, 1.165) is 58.0 Å². The van der Waals surface area contributed by atoms with Gasteiger partial charge in [0.15, 0.2) is 0 Å². The number of hydrogen-bond acceptors (Lipinski definition) is 3. The van der Waals surface area contributed by atoms with Crippen molar-refractivity contribution in [3.63, 3.8) is 0 Å². The summed E-state index contributed by atoms with van der Waals surface area (Å²) in [5.74, 6) is -0.613. The second-order valence-electron chi connectivity index (χ2n) is 7.54. The number of carbonyl (C=O) groups is 1. The van der Waals surface area contributed by atoms with Gasteiger partial charge in [-0.05, 0) is 19.3 Å². The smallest absolute Gasteiger partial charge is 0.303 e. The van der Waals surface area contributed by atoms with Crippen LogP contribution in [0.25, 0.3) is 0 Å². The van der Waals surface area contributed by atoms with Crippen molar-refractivity contribution in [1.82, 2.24) is 10.4 Å². The number of nitrogens with zero attached hydrogens (tertiary/aromatic N) is 1. The Morgan fingerprint density at radius 1 is 0.852 bits per heavy atom. The summed E-state index contributed by atoms with van der Waals surface area (Å²) in [6, 6.07) is 0. The molecule has 0 unspecified atom stereocenters. The van der Waals surface area contributed by atoms with Crippen molar-refractivity contribution in [3.05, 3.63) is 0 Å². The molecule has 0 bridgehead atoms. The summed E-state index contributed by atoms with van der Waals surface area (Å²) in [4.78, 5) is 10.4. The molecule has 0 rings (SSSR count). The molecule has 0 saturated carbocycles. The number of unbranched alkanes of at least 4 members (excludes halogenated alkanes) is 13. The SMILES string of the molecule is CCCCCCCCCCCNN(CCCCCCCCC(=O)O)C(=N)N. The molecule has 160 valence electrons. The second kappa shape index (κ2) is 19.5. The summed E-state index contributed by atoms with van der Waals surface area (Å²) >= 11 is 0. The van der Waals surface area contributed by atoms with Crippen LogP contribution in [0.1, 0.15) is 110 Å². The van der Waals surface area contributed by atoms with Crippen molar-refractivity contribution in [2.45, 2.75) is 110 Å². The summed E-state index contributed by atoms with van der Waals surface area (Å²) in [5.41, 5.74) is 8.94. The zero-order valence-corrected chi connectivity index (χ0v) is 17.6. The summed E-state index contributed by atoms with van der Waals surface area (Å²) < 4.78 is 0. The van der Waals surface area contributed by atoms with Crippen LogP contribution in [0, 0.1) is 5.41 Å². The molecule has 0 atom stereocenters. The van der Waals surface area contributed by atoms with Crippen LogP contribution in [0.4, 0.5) is 0 Å². The molecule has 0 aromatic rings. The number of carboxylic acids is 1. The van der Waals surface area contributed by atoms with Gasteiger partial charge in [0, 0.05) is 19.5 Å². The van der Waals surface area contributed by atoms with E-state index in [1.807, 2.05) is 0 Å². The maximum atomic E-state index is 10.4. The van der Waals surface area contributed by atoms with Gasteiger partial charge in [-0.15, -0.1) is 0 Å². The summed E-state index contributed by atoms with van der Waals surface area (Å²) in [7, 11) is 0. The van der Waals surface area contributed by atoms with Gasteiger partial charge in [-0.25, -0.2) is 5.43 Å². The molecule has 0 spiro atoms. The highest BCUT2D eigenvalue weighted by Gasteiger charge is 2.05. The van der Waals surface area contributed by atoms with Gasteiger partial charge in [-0.1, -0.05) is 84.0 Å². The van der Waals surface area contributed by atoms with E-state index >= 15 is 0 Å². The van der Waals surface area contributed by atoms with Crippen LogP contribution in [0.3, 0.4) is 0 Å². The topological polar surface area (TPSA) is 102 Å². The number of rotatable bonds is 20. The normalized spacial score (nSPS) is 10.9. The number of hydrogen-bond donors (Lipinski definition) is 4. The van der Waals surface area contributed by atoms with E-state index in [4.69, 9.17) is 16.2 Å². The Labute approximate surface area is 166 Å². The van der Waals surface area contributed by atoms with E-state index in [0.29, 0.717) is 0 Å². The van der Waals surface area contributed by atoms with E-state index < -0.39 is 5.97 Å². The Morgan fingerprint density at radius 3 is 1.85 bits per heavy atom. The van der Waals surface area contributed by atoms with Crippen LogP contribution >= 0.6 is 0 Å². The Hall–Kier alpha value is -1.30. The maximum Gasteiger partial charge on any atom is 0.303 e. The van der Waals surface area contributed by atoms with Gasteiger partial charge in [0.25, 0.3) is 0 Å². The molecule has 0 heterocycles. The molecule has 0 saturated heterocycles. The van der Waals surface area contributed by atoms with Crippen LogP contribution in [-0.4, -0.2) is 35.1 Å². The monoisotopic (exact) mass is 384 g/mol. The Morgan fingerprint density at radius 2 is 1.33 bits per heavy atom. The van der Waals surface area contributed by atoms with Crippen LogP contribution in [0.2, 0.25) is 0 Å². The van der Waals surface area contributed by atoms with E-state index in [2.05, 4.69) is 12.3 Å². The van der Waals surface area contributed by atoms with Gasteiger partial charge in [0.1, 0.15) is 0 Å². The van der Waals surface area contributed by atoms with Crippen LogP contribution in [-0.2, 0) is 4.79 Å². The predicted octanol–water partition coefficient (Wildman–Crippen LogP) is 5.03. The first-order valence-corrected chi connectivity index (χ1v) is 11.1. The average molecular weight is 385 g/mol. The van der Waals surface area contributed by atoms with Gasteiger partial charge >= 0.3 is 5.97 Å². The van der Waals surface area contributed by atoms with E-state index in [-0.39, 0.29) is 12.4 Å². The van der Waals surface area contributed by atoms with Crippen molar-refractivity contribution in [3.8, 4) is 0 Å². The fourth-order valence-corrected chi connectivity index (χ4v) is 3.19. The lowest BCUT2D eigenvalue weighted by Crippen LogP contribution is -2.47. The lowest BCUT2D eigenvalue weighted by Gasteiger charge is -2.23. The largest absolute Gasteiger partial charge is 0.481 e. The first-order chi connectivity index (χ1) is 13.1. The summed E-state index contributed by atoms with van der Waals surface area (Å²) in [6.07, 6.45) is 18.1. The Kier molecular flexibility index (Phi) is 18.5. The number of carboxylic acid groups (broad SMARTS) is 1. The van der Waals surface area contributed by atoms with Gasteiger partial charge in [0.05, 0.1) is 0 Å². The zero-order chi connectivity index (χ0) is 20.2. The number of nitrogens with two attached hydrogens (primary N) is 1. The van der Waals surface area contributed by atoms with Crippen molar-refractivity contribution >= 4 is 11.9 Å². The molecule has 0 fully saturated rings. The number of aliphatic carboxylic acids is 1. The summed E-state index contributed by atoms with van der Waals surface area (Å²) in [6.45, 7) is 3.90. The van der Waals surface area contributed by atoms with Gasteiger partial charge < -0.3 is 10.8 Å². The maximum absolute atomic E-state index is 10.4. The highest BCUT2D eigenvalue weighted by Crippen LogP contribution is 2.10. The van der Waals surface area contributed by atoms with Crippen LogP contribution < -0.4 is 11.2 Å². The summed E-state index contributed by atoms with van der Waals surface area (Å²) in [5, 5.41) is 18.0. The molecule has 0 aromatic carbocycles. The Bertz CT molecular complexity index is 364. The van der Waals surface area contributed by atoms with E-state index in [1.54, 1.807) is 5.01 Å². The number of guanidine groups is 1. The van der Waals surface area contributed by atoms with Gasteiger partial charge in [-0.3, -0.25) is 15.2 Å². The molecule has 6 heteroatoms. The standard InChI is InChI=1S/C21H44N4O2/c1-2-3-4-5-6-7-9-12-15-18-24-25(21(22)23)19-16-13-10-8-11-14-17-20(26)27/h24H,2-19H2,1H3,(H3,22,23)(H,26,27). The fraction of sp³-hybridized carbons (Fsp3) is 0.905. The number of hydrazine groups is 1. The van der Waals surface area contributed by atoms with Crippen LogP contribution in [0.15, 0.2) is 0 Å². The van der Waals surface area contributed by atoms with Crippen molar-refractivity contribution in [2.24, 2.45) is 5.73 Å². The average Bonchev–Trinajstić information content (AvgIpc) is 2.63. The first kappa shape index (κ1) is 25.7.